The van der Waals surface area contributed by atoms with Crippen molar-refractivity contribution in [2.24, 2.45) is 10.8 Å². The minimum atomic E-state index is -0.856. The van der Waals surface area contributed by atoms with Crippen LogP contribution in [0.25, 0.3) is 0 Å². The summed E-state index contributed by atoms with van der Waals surface area (Å²) in [7, 11) is 0. The van der Waals surface area contributed by atoms with Crippen LogP contribution in [0.3, 0.4) is 0 Å². The van der Waals surface area contributed by atoms with E-state index >= 15 is 0 Å². The van der Waals surface area contributed by atoms with Crippen LogP contribution in [-0.2, 0) is 14.3 Å². The molecule has 2 amide bonds. The number of nitrogens with zero attached hydrogens (tertiary/aromatic N) is 1. The van der Waals surface area contributed by atoms with Gasteiger partial charge in [0.05, 0.1) is 41.3 Å². The maximum absolute atomic E-state index is 12.5. The van der Waals surface area contributed by atoms with Gasteiger partial charge in [-0.1, -0.05) is 29.3 Å². The number of aromatic hydroxyl groups is 1. The zero-order valence-corrected chi connectivity index (χ0v) is 19.1. The van der Waals surface area contributed by atoms with Crippen molar-refractivity contribution in [3.63, 3.8) is 0 Å². The van der Waals surface area contributed by atoms with Crippen LogP contribution in [0.15, 0.2) is 41.4 Å². The molecule has 0 heterocycles. The van der Waals surface area contributed by atoms with Gasteiger partial charge < -0.3 is 25.9 Å². The lowest BCUT2D eigenvalue weighted by Gasteiger charge is -2.20. The number of phenols is 1. The fraction of sp³-hybridized carbons (Fsp3) is 0.238. The highest BCUT2D eigenvalue weighted by Gasteiger charge is 2.22. The number of halogens is 2. The average molecular weight is 496 g/mol. The molecule has 2 aromatic rings. The number of esters is 1. The number of benzene rings is 2. The molecule has 0 aliphatic heterocycles. The van der Waals surface area contributed by atoms with Crippen LogP contribution in [-0.4, -0.2) is 42.4 Å². The number of phenolic OH excluding ortho intramolecular Hbond substituents is 1. The molecule has 12 heteroatoms. The summed E-state index contributed by atoms with van der Waals surface area (Å²) in [6, 6.07) is 8.29. The van der Waals surface area contributed by atoms with E-state index in [1.807, 2.05) is 0 Å². The van der Waals surface area contributed by atoms with Crippen LogP contribution in [0, 0.1) is 0 Å². The number of nitrogens with two attached hydrogens (primary N) is 1. The normalized spacial score (nSPS) is 11.6. The van der Waals surface area contributed by atoms with Gasteiger partial charge in [-0.15, -0.1) is 0 Å². The third-order valence-electron chi connectivity index (χ3n) is 4.26. The molecule has 2 rings (SSSR count). The van der Waals surface area contributed by atoms with E-state index in [2.05, 4.69) is 21.1 Å². The van der Waals surface area contributed by atoms with E-state index in [1.165, 1.54) is 24.5 Å². The Labute approximate surface area is 200 Å². The number of amides is 2. The minimum absolute atomic E-state index is 0.0405. The number of hydrogen-bond donors (Lipinski definition) is 5. The topological polar surface area (TPSA) is 155 Å². The molecule has 10 nitrogen and oxygen atoms in total. The van der Waals surface area contributed by atoms with E-state index in [9.17, 15) is 19.5 Å². The Morgan fingerprint density at radius 3 is 2.55 bits per heavy atom. The van der Waals surface area contributed by atoms with Gasteiger partial charge in [-0.05, 0) is 42.8 Å². The van der Waals surface area contributed by atoms with Gasteiger partial charge in [-0.25, -0.2) is 10.8 Å². The Hall–Kier alpha value is -3.34. The second-order valence-corrected chi connectivity index (χ2v) is 7.43. The standard InChI is InChI=1S/C21H23Cl2N5O5/c1-2-33-19(30)9-17(13-7-15(22)20(31)16(23)8-13)28-18(29)10-25-21(32)12-4-3-5-14(6-12)26-11-27-24/h3-8,11,17,31H,2,9-10,24H2,1H3,(H,25,32)(H,26,27)(H,28,29). The van der Waals surface area contributed by atoms with Crippen molar-refractivity contribution in [3.05, 3.63) is 57.6 Å². The number of carbonyl (C=O) groups is 3. The Morgan fingerprint density at radius 2 is 1.91 bits per heavy atom. The Morgan fingerprint density at radius 1 is 1.21 bits per heavy atom. The Bertz CT molecular complexity index is 1020. The van der Waals surface area contributed by atoms with Gasteiger partial charge in [0.15, 0.2) is 5.75 Å². The molecule has 0 aliphatic carbocycles. The smallest absolute Gasteiger partial charge is 0.308 e. The van der Waals surface area contributed by atoms with Crippen LogP contribution in [0.2, 0.25) is 10.0 Å². The molecule has 0 saturated carbocycles. The maximum atomic E-state index is 12.5. The summed E-state index contributed by atoms with van der Waals surface area (Å²) in [6.07, 6.45) is 1.05. The van der Waals surface area contributed by atoms with Gasteiger partial charge in [-0.2, -0.15) is 0 Å². The molecule has 0 spiro atoms. The van der Waals surface area contributed by atoms with Gasteiger partial charge in [0.1, 0.15) is 6.34 Å². The first-order valence-corrected chi connectivity index (χ1v) is 10.5. The molecule has 0 aromatic heterocycles. The average Bonchev–Trinajstić information content (AvgIpc) is 2.79. The number of ether oxygens (including phenoxy) is 1. The highest BCUT2D eigenvalue weighted by Crippen LogP contribution is 2.35. The highest BCUT2D eigenvalue weighted by atomic mass is 35.5. The first-order chi connectivity index (χ1) is 15.7. The lowest BCUT2D eigenvalue weighted by atomic mass is 10.0. The van der Waals surface area contributed by atoms with Gasteiger partial charge >= 0.3 is 5.97 Å². The van der Waals surface area contributed by atoms with Gasteiger partial charge in [0.2, 0.25) is 5.91 Å². The summed E-state index contributed by atoms with van der Waals surface area (Å²) in [5.41, 5.74) is 3.42. The van der Waals surface area contributed by atoms with Crippen LogP contribution < -0.4 is 21.9 Å². The maximum Gasteiger partial charge on any atom is 0.308 e. The summed E-state index contributed by atoms with van der Waals surface area (Å²) in [4.78, 5) is 40.9. The summed E-state index contributed by atoms with van der Waals surface area (Å²) >= 11 is 11.9. The van der Waals surface area contributed by atoms with Gasteiger partial charge in [0.25, 0.3) is 5.91 Å². The van der Waals surface area contributed by atoms with Crippen LogP contribution in [0.4, 0.5) is 5.69 Å². The van der Waals surface area contributed by atoms with E-state index in [4.69, 9.17) is 33.8 Å². The second-order valence-electron chi connectivity index (χ2n) is 6.62. The molecule has 1 atom stereocenters. The molecule has 0 saturated heterocycles. The summed E-state index contributed by atoms with van der Waals surface area (Å²) < 4.78 is 4.96. The van der Waals surface area contributed by atoms with Crippen LogP contribution >= 0.6 is 23.2 Å². The predicted octanol–water partition coefficient (Wildman–Crippen LogP) is 2.36. The summed E-state index contributed by atoms with van der Waals surface area (Å²) in [6.45, 7) is 1.45. The third kappa shape index (κ3) is 7.94. The SMILES string of the molecule is CCOC(=O)CC(NC(=O)CNC(=O)c1cccc(N=CNN)c1)c1cc(Cl)c(O)c(Cl)c1. The highest BCUT2D eigenvalue weighted by molar-refractivity contribution is 6.37. The molecule has 176 valence electrons. The monoisotopic (exact) mass is 495 g/mol. The number of hydrogen-bond acceptors (Lipinski definition) is 7. The molecule has 0 aliphatic rings. The van der Waals surface area contributed by atoms with Crippen molar-refractivity contribution in [2.45, 2.75) is 19.4 Å². The molecule has 0 fully saturated rings. The second kappa shape index (κ2) is 12.6. The molecule has 0 bridgehead atoms. The largest absolute Gasteiger partial charge is 0.505 e. The zero-order valence-electron chi connectivity index (χ0n) is 17.6. The third-order valence-corrected chi connectivity index (χ3v) is 4.84. The first-order valence-electron chi connectivity index (χ1n) is 9.75. The van der Waals surface area contributed by atoms with Crippen LogP contribution in [0.5, 0.6) is 5.75 Å². The van der Waals surface area contributed by atoms with Crippen molar-refractivity contribution >= 4 is 53.0 Å². The molecule has 1 unspecified atom stereocenters. The van der Waals surface area contributed by atoms with E-state index in [1.54, 1.807) is 25.1 Å². The molecular weight excluding hydrogens is 473 g/mol. The lowest BCUT2D eigenvalue weighted by molar-refractivity contribution is -0.143. The fourth-order valence-electron chi connectivity index (χ4n) is 2.77. The van der Waals surface area contributed by atoms with Crippen LogP contribution in [0.1, 0.15) is 35.3 Å². The minimum Gasteiger partial charge on any atom is -0.505 e. The van der Waals surface area contributed by atoms with E-state index in [-0.39, 0.29) is 40.9 Å². The number of hydrazine groups is 1. The Balaban J connectivity index is 2.09. The van der Waals surface area contributed by atoms with E-state index < -0.39 is 23.8 Å². The number of carbonyl (C=O) groups excluding carboxylic acids is 3. The summed E-state index contributed by atoms with van der Waals surface area (Å²) in [5.74, 6) is 3.19. The Kier molecular flexibility index (Phi) is 9.92. The molecule has 2 aromatic carbocycles. The lowest BCUT2D eigenvalue weighted by Crippen LogP contribution is -2.39. The summed E-state index contributed by atoms with van der Waals surface area (Å²) in [5, 5.41) is 14.8. The van der Waals surface area contributed by atoms with Crippen molar-refractivity contribution < 1.29 is 24.2 Å². The first kappa shape index (κ1) is 25.9. The van der Waals surface area contributed by atoms with Gasteiger partial charge in [-0.3, -0.25) is 14.4 Å². The van der Waals surface area contributed by atoms with E-state index in [0.717, 1.165) is 0 Å². The molecule has 0 radical (unpaired) electrons. The quantitative estimate of drug-likeness (QED) is 0.111. The van der Waals surface area contributed by atoms with E-state index in [0.29, 0.717) is 11.3 Å². The van der Waals surface area contributed by atoms with Crippen molar-refractivity contribution in [1.82, 2.24) is 16.1 Å². The van der Waals surface area contributed by atoms with Crippen molar-refractivity contribution in [3.8, 4) is 5.75 Å². The molecule has 6 N–H and O–H groups in total. The van der Waals surface area contributed by atoms with Crippen molar-refractivity contribution in [2.75, 3.05) is 13.2 Å². The molecule has 33 heavy (non-hydrogen) atoms. The number of nitrogens with one attached hydrogen (secondary N) is 3. The zero-order chi connectivity index (χ0) is 24.4. The number of aliphatic imine (C=N–C) groups is 1. The van der Waals surface area contributed by atoms with Gasteiger partial charge in [0, 0.05) is 5.56 Å². The fourth-order valence-corrected chi connectivity index (χ4v) is 3.28. The van der Waals surface area contributed by atoms with Crippen molar-refractivity contribution in [1.29, 1.82) is 0 Å². The predicted molar refractivity (Wildman–Crippen MR) is 125 cm³/mol. The number of rotatable bonds is 10. The molecular formula is C21H23Cl2N5O5.